The second-order valence-corrected chi connectivity index (χ2v) is 10.1. The largest absolute Gasteiger partial charge is 0.507 e. The molecule has 3 rings (SSSR count). The molecule has 0 heterocycles. The Kier molecular flexibility index (Phi) is 8.97. The Bertz CT molecular complexity index is 1200. The van der Waals surface area contributed by atoms with Gasteiger partial charge in [0.25, 0.3) is 0 Å². The number of benzene rings is 3. The number of esters is 1. The van der Waals surface area contributed by atoms with E-state index in [0.29, 0.717) is 26.1 Å². The Hall–Kier alpha value is -2.84. The summed E-state index contributed by atoms with van der Waals surface area (Å²) in [4.78, 5) is 26.5. The highest BCUT2D eigenvalue weighted by Gasteiger charge is 2.21. The minimum atomic E-state index is -0.502. The van der Waals surface area contributed by atoms with Crippen molar-refractivity contribution in [3.05, 3.63) is 80.2 Å². The average molecular weight is 605 g/mol. The fraction of sp³-hybridized carbons (Fsp3) is 0.259. The monoisotopic (exact) mass is 603 g/mol. The number of para-hydroxylation sites is 1. The minimum Gasteiger partial charge on any atom is -0.507 e. The van der Waals surface area contributed by atoms with Crippen LogP contribution in [0.2, 0.25) is 0 Å². The molecule has 3 aromatic carbocycles. The smallest absolute Gasteiger partial charge is 0.325 e. The summed E-state index contributed by atoms with van der Waals surface area (Å²) in [5.41, 5.74) is 2.88. The number of hydrogen-bond acceptors (Lipinski definition) is 5. The van der Waals surface area contributed by atoms with Gasteiger partial charge in [0.2, 0.25) is 5.91 Å². The topological polar surface area (TPSA) is 76.1 Å². The van der Waals surface area contributed by atoms with Gasteiger partial charge in [-0.3, -0.25) is 9.59 Å². The maximum Gasteiger partial charge on any atom is 0.325 e. The average Bonchev–Trinajstić information content (AvgIpc) is 2.82. The van der Waals surface area contributed by atoms with E-state index in [1.807, 2.05) is 57.2 Å². The molecule has 0 unspecified atom stereocenters. The van der Waals surface area contributed by atoms with Crippen LogP contribution in [0.3, 0.4) is 0 Å². The molecule has 1 amide bonds. The normalized spacial score (nSPS) is 10.8. The van der Waals surface area contributed by atoms with Crippen LogP contribution in [-0.2, 0) is 20.7 Å². The number of hydrogen-bond donors (Lipinski definition) is 1. The summed E-state index contributed by atoms with van der Waals surface area (Å²) in [5, 5.41) is 10.3. The number of phenolic OH excluding ortho intramolecular Hbond substituents is 1. The number of anilines is 1. The van der Waals surface area contributed by atoms with Crippen molar-refractivity contribution in [1.29, 1.82) is 0 Å². The zero-order valence-electron chi connectivity index (χ0n) is 20.0. The summed E-state index contributed by atoms with van der Waals surface area (Å²) < 4.78 is 12.2. The van der Waals surface area contributed by atoms with Crippen molar-refractivity contribution in [2.24, 2.45) is 0 Å². The molecule has 0 atom stereocenters. The van der Waals surface area contributed by atoms with Gasteiger partial charge in [-0.15, -0.1) is 0 Å². The van der Waals surface area contributed by atoms with E-state index in [-0.39, 0.29) is 30.5 Å². The van der Waals surface area contributed by atoms with E-state index < -0.39 is 5.97 Å². The van der Waals surface area contributed by atoms with Crippen molar-refractivity contribution in [3.8, 4) is 17.2 Å². The first-order chi connectivity index (χ1) is 16.6. The third kappa shape index (κ3) is 6.64. The van der Waals surface area contributed by atoms with Crippen LogP contribution in [0.5, 0.6) is 17.2 Å². The molecule has 0 bridgehead atoms. The molecule has 0 fully saturated rings. The predicted octanol–water partition coefficient (Wildman–Crippen LogP) is 6.89. The lowest BCUT2D eigenvalue weighted by Gasteiger charge is -2.22. The van der Waals surface area contributed by atoms with Gasteiger partial charge in [-0.1, -0.05) is 32.0 Å². The van der Waals surface area contributed by atoms with Gasteiger partial charge in [-0.05, 0) is 92.2 Å². The fourth-order valence-corrected chi connectivity index (χ4v) is 5.04. The molecule has 35 heavy (non-hydrogen) atoms. The van der Waals surface area contributed by atoms with Crippen molar-refractivity contribution in [3.63, 3.8) is 0 Å². The van der Waals surface area contributed by atoms with Crippen molar-refractivity contribution in [2.45, 2.75) is 33.1 Å². The summed E-state index contributed by atoms with van der Waals surface area (Å²) >= 11 is 7.11. The molecule has 0 saturated carbocycles. The first-order valence-electron chi connectivity index (χ1n) is 11.0. The number of nitrogens with zero attached hydrogens (tertiary/aromatic N) is 1. The standard InChI is InChI=1S/C27H27Br2NO5/c1-16(2)21-14-20(10-17(3)26(21)33)35-27-22(28)11-18(12-23(27)29)13-24(31)30(15-25(32)34-4)19-8-6-5-7-9-19/h5-12,14,16,33H,13,15H2,1-4H3. The number of carbonyl (C=O) groups excluding carboxylic acids is 2. The fourth-order valence-electron chi connectivity index (χ4n) is 3.60. The highest BCUT2D eigenvalue weighted by atomic mass is 79.9. The zero-order chi connectivity index (χ0) is 25.7. The molecular formula is C27H27Br2NO5. The third-order valence-corrected chi connectivity index (χ3v) is 6.62. The van der Waals surface area contributed by atoms with Crippen molar-refractivity contribution < 1.29 is 24.2 Å². The van der Waals surface area contributed by atoms with E-state index in [4.69, 9.17) is 9.47 Å². The van der Waals surface area contributed by atoms with Crippen molar-refractivity contribution in [2.75, 3.05) is 18.6 Å². The van der Waals surface area contributed by atoms with Crippen LogP contribution in [0.1, 0.15) is 36.5 Å². The van der Waals surface area contributed by atoms with Gasteiger partial charge >= 0.3 is 5.97 Å². The second-order valence-electron chi connectivity index (χ2n) is 8.39. The van der Waals surface area contributed by atoms with Gasteiger partial charge in [0.1, 0.15) is 18.0 Å². The summed E-state index contributed by atoms with van der Waals surface area (Å²) in [5.74, 6) is 0.811. The number of ether oxygens (including phenoxy) is 2. The predicted molar refractivity (Wildman–Crippen MR) is 143 cm³/mol. The number of phenols is 1. The molecule has 0 aromatic heterocycles. The molecule has 0 saturated heterocycles. The molecule has 0 aliphatic rings. The van der Waals surface area contributed by atoms with Crippen LogP contribution in [-0.4, -0.2) is 30.6 Å². The van der Waals surface area contributed by atoms with E-state index in [1.165, 1.54) is 12.0 Å². The maximum atomic E-state index is 13.2. The van der Waals surface area contributed by atoms with Crippen LogP contribution in [0.25, 0.3) is 0 Å². The second kappa shape index (κ2) is 11.7. The Balaban J connectivity index is 1.85. The summed E-state index contributed by atoms with van der Waals surface area (Å²) in [7, 11) is 1.29. The van der Waals surface area contributed by atoms with E-state index in [9.17, 15) is 14.7 Å². The van der Waals surface area contributed by atoms with Crippen LogP contribution in [0.15, 0.2) is 63.5 Å². The summed E-state index contributed by atoms with van der Waals surface area (Å²) in [6.07, 6.45) is 0.0686. The van der Waals surface area contributed by atoms with Gasteiger partial charge in [-0.25, -0.2) is 0 Å². The number of rotatable bonds is 8. The third-order valence-electron chi connectivity index (χ3n) is 5.44. The number of methoxy groups -OCH3 is 1. The highest BCUT2D eigenvalue weighted by molar-refractivity contribution is 9.11. The maximum absolute atomic E-state index is 13.2. The van der Waals surface area contributed by atoms with Crippen molar-refractivity contribution in [1.82, 2.24) is 0 Å². The molecule has 0 aliphatic heterocycles. The first-order valence-corrected chi connectivity index (χ1v) is 12.6. The Morgan fingerprint density at radius 1 is 1.03 bits per heavy atom. The van der Waals surface area contributed by atoms with Crippen LogP contribution in [0.4, 0.5) is 5.69 Å². The number of halogens is 2. The van der Waals surface area contributed by atoms with Crippen molar-refractivity contribution >= 4 is 49.4 Å². The first kappa shape index (κ1) is 26.8. The SMILES string of the molecule is COC(=O)CN(C(=O)Cc1cc(Br)c(Oc2cc(C)c(O)c(C(C)C)c2)c(Br)c1)c1ccccc1. The van der Waals surface area contributed by atoms with Crippen LogP contribution in [0, 0.1) is 6.92 Å². The number of carbonyl (C=O) groups is 2. The molecule has 6 nitrogen and oxygen atoms in total. The number of aryl methyl sites for hydroxylation is 1. The Morgan fingerprint density at radius 2 is 1.66 bits per heavy atom. The summed E-state index contributed by atoms with van der Waals surface area (Å²) in [6, 6.07) is 16.2. The lowest BCUT2D eigenvalue weighted by atomic mass is 9.99. The minimum absolute atomic E-state index is 0.0686. The highest BCUT2D eigenvalue weighted by Crippen LogP contribution is 2.40. The lowest BCUT2D eigenvalue weighted by molar-refractivity contribution is -0.140. The Labute approximate surface area is 222 Å². The molecular weight excluding hydrogens is 578 g/mol. The number of aromatic hydroxyl groups is 1. The summed E-state index contributed by atoms with van der Waals surface area (Å²) in [6.45, 7) is 5.67. The molecule has 0 spiro atoms. The van der Waals surface area contributed by atoms with Crippen LogP contribution >= 0.6 is 31.9 Å². The van der Waals surface area contributed by atoms with Gasteiger partial charge in [0.15, 0.2) is 5.75 Å². The Morgan fingerprint density at radius 3 is 2.23 bits per heavy atom. The van der Waals surface area contributed by atoms with Crippen LogP contribution < -0.4 is 9.64 Å². The van der Waals surface area contributed by atoms with Gasteiger partial charge in [-0.2, -0.15) is 0 Å². The quantitative estimate of drug-likeness (QED) is 0.283. The molecule has 3 aromatic rings. The molecule has 8 heteroatoms. The van der Waals surface area contributed by atoms with E-state index >= 15 is 0 Å². The molecule has 184 valence electrons. The zero-order valence-corrected chi connectivity index (χ0v) is 23.1. The van der Waals surface area contributed by atoms with Gasteiger partial charge < -0.3 is 19.5 Å². The molecule has 0 aliphatic carbocycles. The van der Waals surface area contributed by atoms with E-state index in [0.717, 1.165) is 16.7 Å². The van der Waals surface area contributed by atoms with Gasteiger partial charge in [0, 0.05) is 11.3 Å². The lowest BCUT2D eigenvalue weighted by Crippen LogP contribution is -2.37. The number of amides is 1. The molecule has 1 N–H and O–H groups in total. The van der Waals surface area contributed by atoms with E-state index in [2.05, 4.69) is 31.9 Å². The van der Waals surface area contributed by atoms with Gasteiger partial charge in [0.05, 0.1) is 22.5 Å². The molecule has 0 radical (unpaired) electrons. The van der Waals surface area contributed by atoms with E-state index in [1.54, 1.807) is 18.2 Å².